The fraction of sp³-hybridized carbons (Fsp3) is 0.235. The molecule has 0 saturated carbocycles. The fourth-order valence-corrected chi connectivity index (χ4v) is 3.42. The van der Waals surface area contributed by atoms with Gasteiger partial charge in [0.15, 0.2) is 16.7 Å². The molecule has 0 unspecified atom stereocenters. The van der Waals surface area contributed by atoms with E-state index in [2.05, 4.69) is 15.5 Å². The van der Waals surface area contributed by atoms with E-state index in [9.17, 15) is 14.9 Å². The number of nitrogens with one attached hydrogen (secondary N) is 1. The summed E-state index contributed by atoms with van der Waals surface area (Å²) < 4.78 is 7.28. The van der Waals surface area contributed by atoms with E-state index in [0.29, 0.717) is 29.0 Å². The van der Waals surface area contributed by atoms with Gasteiger partial charge in [-0.1, -0.05) is 30.3 Å². The van der Waals surface area contributed by atoms with Crippen LogP contribution < -0.4 is 5.32 Å². The van der Waals surface area contributed by atoms with Crippen molar-refractivity contribution >= 4 is 40.6 Å². The van der Waals surface area contributed by atoms with Gasteiger partial charge < -0.3 is 9.73 Å². The number of hydrogen-bond acceptors (Lipinski definition) is 7. The standard InChI is InChI=1S/C17H16ClN5O4S/c1-2-7-22-16(14-4-3-8-27-14)20-21-17(22)28-10-15(24)19-11-5-6-12(18)13(9-11)23(25)26/h3-6,8-9H,2,7,10H2,1H3,(H,19,24). The number of amides is 1. The zero-order valence-corrected chi connectivity index (χ0v) is 16.4. The highest BCUT2D eigenvalue weighted by Gasteiger charge is 2.18. The van der Waals surface area contributed by atoms with Crippen molar-refractivity contribution in [1.82, 2.24) is 14.8 Å². The van der Waals surface area contributed by atoms with E-state index in [4.69, 9.17) is 16.0 Å². The predicted molar refractivity (Wildman–Crippen MR) is 105 cm³/mol. The zero-order chi connectivity index (χ0) is 20.1. The SMILES string of the molecule is CCCn1c(SCC(=O)Nc2ccc(Cl)c([N+](=O)[O-])c2)nnc1-c1ccco1. The molecule has 9 nitrogen and oxygen atoms in total. The van der Waals surface area contributed by atoms with Crippen molar-refractivity contribution in [2.75, 3.05) is 11.1 Å². The lowest BCUT2D eigenvalue weighted by Crippen LogP contribution is -2.15. The molecular weight excluding hydrogens is 406 g/mol. The molecule has 1 aromatic carbocycles. The summed E-state index contributed by atoms with van der Waals surface area (Å²) in [5.74, 6) is 0.942. The number of carbonyl (C=O) groups is 1. The Morgan fingerprint density at radius 3 is 2.89 bits per heavy atom. The Kier molecular flexibility index (Phi) is 6.32. The first-order chi connectivity index (χ1) is 13.5. The summed E-state index contributed by atoms with van der Waals surface area (Å²) in [4.78, 5) is 22.6. The van der Waals surface area contributed by atoms with Gasteiger partial charge in [0.1, 0.15) is 5.02 Å². The van der Waals surface area contributed by atoms with Crippen LogP contribution in [-0.2, 0) is 11.3 Å². The number of thioether (sulfide) groups is 1. The van der Waals surface area contributed by atoms with Gasteiger partial charge in [-0.05, 0) is 30.7 Å². The molecule has 0 spiro atoms. The Hall–Kier alpha value is -2.85. The van der Waals surface area contributed by atoms with Gasteiger partial charge in [0.2, 0.25) is 5.91 Å². The number of rotatable bonds is 8. The Balaban J connectivity index is 1.68. The van der Waals surface area contributed by atoms with Gasteiger partial charge in [0.25, 0.3) is 5.69 Å². The molecule has 0 radical (unpaired) electrons. The Labute approximate surface area is 169 Å². The van der Waals surface area contributed by atoms with E-state index in [1.165, 1.54) is 30.0 Å². The van der Waals surface area contributed by atoms with E-state index in [-0.39, 0.29) is 22.4 Å². The van der Waals surface area contributed by atoms with Crippen LogP contribution in [0.5, 0.6) is 0 Å². The van der Waals surface area contributed by atoms with E-state index in [0.717, 1.165) is 6.42 Å². The number of anilines is 1. The molecule has 2 heterocycles. The van der Waals surface area contributed by atoms with Crippen LogP contribution >= 0.6 is 23.4 Å². The molecule has 1 amide bonds. The highest BCUT2D eigenvalue weighted by molar-refractivity contribution is 7.99. The van der Waals surface area contributed by atoms with Crippen molar-refractivity contribution in [2.24, 2.45) is 0 Å². The normalized spacial score (nSPS) is 10.8. The van der Waals surface area contributed by atoms with Gasteiger partial charge in [-0.15, -0.1) is 10.2 Å². The monoisotopic (exact) mass is 421 g/mol. The van der Waals surface area contributed by atoms with Crippen molar-refractivity contribution in [1.29, 1.82) is 0 Å². The van der Waals surface area contributed by atoms with Crippen LogP contribution in [0.4, 0.5) is 11.4 Å². The third-order valence-electron chi connectivity index (χ3n) is 3.66. The van der Waals surface area contributed by atoms with E-state index in [1.807, 2.05) is 11.5 Å². The zero-order valence-electron chi connectivity index (χ0n) is 14.8. The fourth-order valence-electron chi connectivity index (χ4n) is 2.47. The van der Waals surface area contributed by atoms with Gasteiger partial charge in [-0.3, -0.25) is 19.5 Å². The van der Waals surface area contributed by atoms with Gasteiger partial charge in [0.05, 0.1) is 16.9 Å². The third kappa shape index (κ3) is 4.52. The van der Waals surface area contributed by atoms with E-state index >= 15 is 0 Å². The molecule has 146 valence electrons. The molecule has 0 atom stereocenters. The van der Waals surface area contributed by atoms with Gasteiger partial charge >= 0.3 is 0 Å². The van der Waals surface area contributed by atoms with E-state index in [1.54, 1.807) is 18.4 Å². The lowest BCUT2D eigenvalue weighted by atomic mass is 10.3. The summed E-state index contributed by atoms with van der Waals surface area (Å²) in [7, 11) is 0. The number of nitro groups is 1. The second-order valence-corrected chi connectivity index (χ2v) is 7.04. The highest BCUT2D eigenvalue weighted by Crippen LogP contribution is 2.28. The van der Waals surface area contributed by atoms with Crippen molar-refractivity contribution in [3.8, 4) is 11.6 Å². The second-order valence-electron chi connectivity index (χ2n) is 5.70. The Bertz CT molecular complexity index is 990. The summed E-state index contributed by atoms with van der Waals surface area (Å²) in [5.41, 5.74) is 0.0332. The topological polar surface area (TPSA) is 116 Å². The smallest absolute Gasteiger partial charge is 0.289 e. The molecule has 1 N–H and O–H groups in total. The molecule has 11 heteroatoms. The van der Waals surface area contributed by atoms with Crippen LogP contribution in [0, 0.1) is 10.1 Å². The third-order valence-corrected chi connectivity index (χ3v) is 4.95. The van der Waals surface area contributed by atoms with Crippen molar-refractivity contribution < 1.29 is 14.1 Å². The number of aromatic nitrogens is 3. The van der Waals surface area contributed by atoms with Crippen LogP contribution in [0.25, 0.3) is 11.6 Å². The van der Waals surface area contributed by atoms with Crippen LogP contribution in [0.2, 0.25) is 5.02 Å². The van der Waals surface area contributed by atoms with Crippen LogP contribution in [-0.4, -0.2) is 31.3 Å². The van der Waals surface area contributed by atoms with Crippen molar-refractivity contribution in [2.45, 2.75) is 25.0 Å². The number of carbonyl (C=O) groups excluding carboxylic acids is 1. The minimum Gasteiger partial charge on any atom is -0.461 e. The summed E-state index contributed by atoms with van der Waals surface area (Å²) >= 11 is 7.00. The number of furan rings is 1. The first kappa shape index (κ1) is 19.9. The molecule has 0 bridgehead atoms. The number of halogens is 1. The number of nitro benzene ring substituents is 1. The largest absolute Gasteiger partial charge is 0.461 e. The van der Waals surface area contributed by atoms with Crippen molar-refractivity contribution in [3.63, 3.8) is 0 Å². The molecular formula is C17H16ClN5O4S. The quantitative estimate of drug-likeness (QED) is 0.328. The van der Waals surface area contributed by atoms with Crippen LogP contribution in [0.1, 0.15) is 13.3 Å². The van der Waals surface area contributed by atoms with Gasteiger partial charge in [0, 0.05) is 18.3 Å². The molecule has 3 aromatic rings. The molecule has 0 aliphatic heterocycles. The second kappa shape index (κ2) is 8.89. The molecule has 2 aromatic heterocycles. The minimum atomic E-state index is -0.601. The van der Waals surface area contributed by atoms with Gasteiger partial charge in [-0.2, -0.15) is 0 Å². The Morgan fingerprint density at radius 2 is 2.21 bits per heavy atom. The molecule has 0 saturated heterocycles. The maximum Gasteiger partial charge on any atom is 0.289 e. The Morgan fingerprint density at radius 1 is 1.39 bits per heavy atom. The summed E-state index contributed by atoms with van der Waals surface area (Å²) in [6, 6.07) is 7.67. The predicted octanol–water partition coefficient (Wildman–Crippen LogP) is 4.24. The first-order valence-corrected chi connectivity index (χ1v) is 9.69. The summed E-state index contributed by atoms with van der Waals surface area (Å²) in [6.07, 6.45) is 2.42. The summed E-state index contributed by atoms with van der Waals surface area (Å²) in [6.45, 7) is 2.71. The molecule has 0 aliphatic rings. The molecule has 0 aliphatic carbocycles. The minimum absolute atomic E-state index is 0.00972. The molecule has 3 rings (SSSR count). The lowest BCUT2D eigenvalue weighted by Gasteiger charge is -2.08. The molecule has 28 heavy (non-hydrogen) atoms. The van der Waals surface area contributed by atoms with Crippen LogP contribution in [0.3, 0.4) is 0 Å². The highest BCUT2D eigenvalue weighted by atomic mass is 35.5. The number of benzene rings is 1. The van der Waals surface area contributed by atoms with Crippen molar-refractivity contribution in [3.05, 3.63) is 51.7 Å². The first-order valence-electron chi connectivity index (χ1n) is 8.33. The number of nitrogens with zero attached hydrogens (tertiary/aromatic N) is 4. The average Bonchev–Trinajstić information content (AvgIpc) is 3.31. The number of hydrogen-bond donors (Lipinski definition) is 1. The van der Waals surface area contributed by atoms with E-state index < -0.39 is 4.92 Å². The average molecular weight is 422 g/mol. The lowest BCUT2D eigenvalue weighted by molar-refractivity contribution is -0.384. The van der Waals surface area contributed by atoms with Crippen LogP contribution in [0.15, 0.2) is 46.2 Å². The van der Waals surface area contributed by atoms with Gasteiger partial charge in [-0.25, -0.2) is 0 Å². The summed E-state index contributed by atoms with van der Waals surface area (Å²) in [5, 5.41) is 22.5. The maximum absolute atomic E-state index is 12.2. The maximum atomic E-state index is 12.2. The molecule has 0 fully saturated rings.